The fourth-order valence-corrected chi connectivity index (χ4v) is 1.85. The molecule has 1 N–H and O–H groups in total. The number of rotatable bonds is 4. The van der Waals surface area contributed by atoms with Crippen LogP contribution in [0.4, 0.5) is 0 Å². The molecule has 2 aromatic rings. The first-order valence-electron chi connectivity index (χ1n) is 6.24. The summed E-state index contributed by atoms with van der Waals surface area (Å²) in [6, 6.07) is 13.0. The van der Waals surface area contributed by atoms with E-state index in [2.05, 4.69) is 0 Å². The highest BCUT2D eigenvalue weighted by Crippen LogP contribution is 2.25. The summed E-state index contributed by atoms with van der Waals surface area (Å²) >= 11 is 0. The van der Waals surface area contributed by atoms with Crippen LogP contribution < -0.4 is 0 Å². The van der Waals surface area contributed by atoms with Crippen LogP contribution in [0, 0.1) is 0 Å². The van der Waals surface area contributed by atoms with Crippen LogP contribution in [-0.2, 0) is 4.74 Å². The van der Waals surface area contributed by atoms with E-state index in [9.17, 15) is 14.7 Å². The summed E-state index contributed by atoms with van der Waals surface area (Å²) in [6.45, 7) is 1.88. The highest BCUT2D eigenvalue weighted by atomic mass is 16.5. The predicted octanol–water partition coefficient (Wildman–Crippen LogP) is 2.80. The van der Waals surface area contributed by atoms with Crippen molar-refractivity contribution in [2.45, 2.75) is 6.92 Å². The maximum absolute atomic E-state index is 12.3. The van der Waals surface area contributed by atoms with E-state index in [1.807, 2.05) is 0 Å². The molecule has 0 heterocycles. The number of aromatic hydroxyl groups is 1. The molecule has 0 aliphatic rings. The number of ether oxygens (including phenoxy) is 1. The van der Waals surface area contributed by atoms with Crippen molar-refractivity contribution in [3.05, 3.63) is 65.2 Å². The van der Waals surface area contributed by atoms with Gasteiger partial charge in [0, 0.05) is 5.56 Å². The van der Waals surface area contributed by atoms with E-state index in [4.69, 9.17) is 4.74 Å². The Balaban J connectivity index is 2.41. The van der Waals surface area contributed by atoms with Gasteiger partial charge in [0.15, 0.2) is 5.78 Å². The molecular weight excluding hydrogens is 256 g/mol. The quantitative estimate of drug-likeness (QED) is 0.685. The number of hydrogen-bond acceptors (Lipinski definition) is 4. The lowest BCUT2D eigenvalue weighted by Crippen LogP contribution is -2.08. The number of phenols is 1. The Morgan fingerprint density at radius 1 is 1.00 bits per heavy atom. The van der Waals surface area contributed by atoms with Crippen molar-refractivity contribution in [3.8, 4) is 5.75 Å². The van der Waals surface area contributed by atoms with Crippen LogP contribution in [0.2, 0.25) is 0 Å². The first-order chi connectivity index (χ1) is 9.65. The molecule has 0 aliphatic carbocycles. The zero-order valence-corrected chi connectivity index (χ0v) is 11.0. The van der Waals surface area contributed by atoms with Crippen LogP contribution in [-0.4, -0.2) is 23.5 Å². The van der Waals surface area contributed by atoms with Crippen LogP contribution in [0.15, 0.2) is 48.5 Å². The van der Waals surface area contributed by atoms with Crippen molar-refractivity contribution >= 4 is 11.8 Å². The Hall–Kier alpha value is -2.62. The van der Waals surface area contributed by atoms with Crippen molar-refractivity contribution in [1.82, 2.24) is 0 Å². The summed E-state index contributed by atoms with van der Waals surface area (Å²) in [4.78, 5) is 24.0. The van der Waals surface area contributed by atoms with Crippen molar-refractivity contribution in [1.29, 1.82) is 0 Å². The van der Waals surface area contributed by atoms with Crippen LogP contribution in [0.3, 0.4) is 0 Å². The largest absolute Gasteiger partial charge is 0.506 e. The molecule has 2 rings (SSSR count). The summed E-state index contributed by atoms with van der Waals surface area (Å²) in [5, 5.41) is 10.1. The van der Waals surface area contributed by atoms with Crippen LogP contribution in [0.25, 0.3) is 0 Å². The minimum atomic E-state index is -0.646. The molecule has 0 fully saturated rings. The maximum atomic E-state index is 12.3. The molecule has 0 unspecified atom stereocenters. The molecule has 0 saturated carbocycles. The molecule has 20 heavy (non-hydrogen) atoms. The number of phenolic OH excluding ortho intramolecular Hbond substituents is 1. The van der Waals surface area contributed by atoms with Gasteiger partial charge < -0.3 is 9.84 Å². The van der Waals surface area contributed by atoms with Gasteiger partial charge in [-0.15, -0.1) is 0 Å². The van der Waals surface area contributed by atoms with Gasteiger partial charge in [-0.1, -0.05) is 36.4 Å². The lowest BCUT2D eigenvalue weighted by molar-refractivity contribution is 0.0523. The average molecular weight is 270 g/mol. The smallest absolute Gasteiger partial charge is 0.341 e. The van der Waals surface area contributed by atoms with Crippen molar-refractivity contribution in [3.63, 3.8) is 0 Å². The third-order valence-electron chi connectivity index (χ3n) is 2.81. The van der Waals surface area contributed by atoms with Gasteiger partial charge >= 0.3 is 5.97 Å². The van der Waals surface area contributed by atoms with Crippen LogP contribution >= 0.6 is 0 Å². The predicted molar refractivity (Wildman–Crippen MR) is 73.9 cm³/mol. The van der Waals surface area contributed by atoms with E-state index < -0.39 is 5.97 Å². The summed E-state index contributed by atoms with van der Waals surface area (Å²) in [5.74, 6) is -1.33. The molecule has 0 spiro atoms. The molecule has 0 bridgehead atoms. The minimum Gasteiger partial charge on any atom is -0.506 e. The SMILES string of the molecule is CCOC(=O)c1cccc(C(=O)c2ccccc2)c1O. The maximum Gasteiger partial charge on any atom is 0.341 e. The van der Waals surface area contributed by atoms with Gasteiger partial charge in [-0.25, -0.2) is 4.79 Å². The Morgan fingerprint density at radius 2 is 1.65 bits per heavy atom. The van der Waals surface area contributed by atoms with Crippen molar-refractivity contribution < 1.29 is 19.4 Å². The van der Waals surface area contributed by atoms with Crippen molar-refractivity contribution in [2.24, 2.45) is 0 Å². The van der Waals surface area contributed by atoms with Gasteiger partial charge in [0.2, 0.25) is 0 Å². The number of esters is 1. The lowest BCUT2D eigenvalue weighted by Gasteiger charge is -2.08. The number of para-hydroxylation sites is 1. The van der Waals surface area contributed by atoms with Gasteiger partial charge in [-0.05, 0) is 19.1 Å². The van der Waals surface area contributed by atoms with Gasteiger partial charge in [0.1, 0.15) is 11.3 Å². The Bertz CT molecular complexity index is 632. The minimum absolute atomic E-state index is 0.00590. The molecule has 0 aromatic heterocycles. The normalized spacial score (nSPS) is 10.1. The molecule has 0 saturated heterocycles. The Kier molecular flexibility index (Phi) is 4.15. The average Bonchev–Trinajstić information content (AvgIpc) is 2.48. The third-order valence-corrected chi connectivity index (χ3v) is 2.81. The Morgan fingerprint density at radius 3 is 2.30 bits per heavy atom. The monoisotopic (exact) mass is 270 g/mol. The standard InChI is InChI=1S/C16H14O4/c1-2-20-16(19)13-10-6-9-12(15(13)18)14(17)11-7-4-3-5-8-11/h3-10,18H,2H2,1H3. The highest BCUT2D eigenvalue weighted by Gasteiger charge is 2.19. The van der Waals surface area contributed by atoms with E-state index in [1.54, 1.807) is 43.3 Å². The van der Waals surface area contributed by atoms with Gasteiger partial charge in [0.05, 0.1) is 12.2 Å². The van der Waals surface area contributed by atoms with E-state index in [0.29, 0.717) is 5.56 Å². The van der Waals surface area contributed by atoms with Gasteiger partial charge in [0.25, 0.3) is 0 Å². The fourth-order valence-electron chi connectivity index (χ4n) is 1.85. The number of hydrogen-bond donors (Lipinski definition) is 1. The molecule has 0 atom stereocenters. The zero-order valence-electron chi connectivity index (χ0n) is 11.0. The molecule has 0 amide bonds. The summed E-state index contributed by atoms with van der Waals surface area (Å²) in [5.41, 5.74) is 0.527. The molecule has 4 heteroatoms. The lowest BCUT2D eigenvalue weighted by atomic mass is 10.00. The van der Waals surface area contributed by atoms with Crippen molar-refractivity contribution in [2.75, 3.05) is 6.61 Å². The van der Waals surface area contributed by atoms with E-state index in [0.717, 1.165) is 0 Å². The summed E-state index contributed by atoms with van der Waals surface area (Å²) in [7, 11) is 0. The second kappa shape index (κ2) is 6.02. The molecule has 102 valence electrons. The molecular formula is C16H14O4. The van der Waals surface area contributed by atoms with E-state index in [-0.39, 0.29) is 29.3 Å². The molecule has 0 radical (unpaired) electrons. The van der Waals surface area contributed by atoms with Gasteiger partial charge in [-0.2, -0.15) is 0 Å². The zero-order chi connectivity index (χ0) is 14.5. The van der Waals surface area contributed by atoms with E-state index >= 15 is 0 Å². The molecule has 2 aromatic carbocycles. The number of carbonyl (C=O) groups excluding carboxylic acids is 2. The van der Waals surface area contributed by atoms with Crippen LogP contribution in [0.1, 0.15) is 33.2 Å². The summed E-state index contributed by atoms with van der Waals surface area (Å²) < 4.78 is 4.84. The molecule has 4 nitrogen and oxygen atoms in total. The number of benzene rings is 2. The fraction of sp³-hybridized carbons (Fsp3) is 0.125. The first-order valence-corrected chi connectivity index (χ1v) is 6.24. The Labute approximate surface area is 116 Å². The number of carbonyl (C=O) groups is 2. The highest BCUT2D eigenvalue weighted by molar-refractivity contribution is 6.12. The second-order valence-corrected chi connectivity index (χ2v) is 4.12. The van der Waals surface area contributed by atoms with Crippen LogP contribution in [0.5, 0.6) is 5.75 Å². The van der Waals surface area contributed by atoms with E-state index in [1.165, 1.54) is 12.1 Å². The third kappa shape index (κ3) is 2.69. The second-order valence-electron chi connectivity index (χ2n) is 4.12. The summed E-state index contributed by atoms with van der Waals surface area (Å²) in [6.07, 6.45) is 0. The topological polar surface area (TPSA) is 63.6 Å². The molecule has 0 aliphatic heterocycles. The van der Waals surface area contributed by atoms with Gasteiger partial charge in [-0.3, -0.25) is 4.79 Å². The first kappa shape index (κ1) is 13.8. The number of ketones is 1.